The molecule has 0 unspecified atom stereocenters. The van der Waals surface area contributed by atoms with Gasteiger partial charge in [-0.1, -0.05) is 37.6 Å². The van der Waals surface area contributed by atoms with Crippen LogP contribution in [0.2, 0.25) is 0 Å². The van der Waals surface area contributed by atoms with E-state index in [2.05, 4.69) is 29.0 Å². The Labute approximate surface area is 111 Å². The third kappa shape index (κ3) is 3.40. The summed E-state index contributed by atoms with van der Waals surface area (Å²) >= 11 is 1.48. The van der Waals surface area contributed by atoms with Crippen molar-refractivity contribution >= 4 is 22.3 Å². The first-order valence-electron chi connectivity index (χ1n) is 6.12. The van der Waals surface area contributed by atoms with Crippen LogP contribution in [0, 0.1) is 0 Å². The van der Waals surface area contributed by atoms with Crippen LogP contribution in [0.5, 0.6) is 0 Å². The van der Waals surface area contributed by atoms with E-state index in [9.17, 15) is 0 Å². The standard InChI is InChI=1S/C14H17N3S/c1-2-3-4-11-5-7-12(8-6-11)13(15)17-14-16-9-10-18-14/h5-10H,2-4H2,1H3,(H2,15,16,17). The lowest BCUT2D eigenvalue weighted by Crippen LogP contribution is -2.12. The zero-order valence-electron chi connectivity index (χ0n) is 10.5. The van der Waals surface area contributed by atoms with Crippen molar-refractivity contribution in [1.82, 2.24) is 4.98 Å². The molecule has 0 saturated carbocycles. The Bertz CT molecular complexity index is 500. The zero-order chi connectivity index (χ0) is 12.8. The normalized spacial score (nSPS) is 11.7. The summed E-state index contributed by atoms with van der Waals surface area (Å²) in [4.78, 5) is 8.37. The summed E-state index contributed by atoms with van der Waals surface area (Å²) in [7, 11) is 0. The van der Waals surface area contributed by atoms with Crippen LogP contribution in [0.25, 0.3) is 0 Å². The molecule has 2 rings (SSSR count). The van der Waals surface area contributed by atoms with Crippen LogP contribution < -0.4 is 5.73 Å². The van der Waals surface area contributed by atoms with Crippen molar-refractivity contribution in [3.63, 3.8) is 0 Å². The van der Waals surface area contributed by atoms with Gasteiger partial charge in [-0.15, -0.1) is 11.3 Å². The second kappa shape index (κ2) is 6.31. The number of nitrogens with zero attached hydrogens (tertiary/aromatic N) is 2. The summed E-state index contributed by atoms with van der Waals surface area (Å²) < 4.78 is 0. The number of aryl methyl sites for hydroxylation is 1. The van der Waals surface area contributed by atoms with Gasteiger partial charge in [0, 0.05) is 17.1 Å². The molecule has 0 atom stereocenters. The number of thiazole rings is 1. The fourth-order valence-corrected chi connectivity index (χ4v) is 2.18. The highest BCUT2D eigenvalue weighted by Crippen LogP contribution is 2.16. The van der Waals surface area contributed by atoms with Gasteiger partial charge in [0.2, 0.25) is 5.13 Å². The molecule has 3 nitrogen and oxygen atoms in total. The van der Waals surface area contributed by atoms with E-state index in [1.54, 1.807) is 6.20 Å². The van der Waals surface area contributed by atoms with Crippen molar-refractivity contribution in [3.8, 4) is 0 Å². The van der Waals surface area contributed by atoms with E-state index in [1.165, 1.54) is 29.7 Å². The summed E-state index contributed by atoms with van der Waals surface area (Å²) in [5.74, 6) is 0.520. The second-order valence-corrected chi connectivity index (χ2v) is 4.99. The van der Waals surface area contributed by atoms with Gasteiger partial charge in [-0.2, -0.15) is 0 Å². The first-order chi connectivity index (χ1) is 8.79. The lowest BCUT2D eigenvalue weighted by Gasteiger charge is -2.03. The van der Waals surface area contributed by atoms with Crippen molar-refractivity contribution in [3.05, 3.63) is 47.0 Å². The molecule has 18 heavy (non-hydrogen) atoms. The molecule has 1 heterocycles. The maximum Gasteiger partial charge on any atom is 0.210 e. The molecule has 0 aliphatic rings. The van der Waals surface area contributed by atoms with Crippen LogP contribution >= 0.6 is 11.3 Å². The highest BCUT2D eigenvalue weighted by Gasteiger charge is 2.00. The van der Waals surface area contributed by atoms with Gasteiger partial charge in [-0.25, -0.2) is 9.98 Å². The summed E-state index contributed by atoms with van der Waals surface area (Å²) in [5, 5.41) is 2.59. The van der Waals surface area contributed by atoms with Crippen LogP contribution in [0.1, 0.15) is 30.9 Å². The quantitative estimate of drug-likeness (QED) is 0.659. The second-order valence-electron chi connectivity index (χ2n) is 4.11. The SMILES string of the molecule is CCCCc1ccc(/C(N)=N/c2nccs2)cc1. The number of aromatic nitrogens is 1. The minimum atomic E-state index is 0.520. The molecule has 0 radical (unpaired) electrons. The van der Waals surface area contributed by atoms with Crippen LogP contribution in [-0.2, 0) is 6.42 Å². The predicted octanol–water partition coefficient (Wildman–Crippen LogP) is 3.52. The lowest BCUT2D eigenvalue weighted by atomic mass is 10.1. The fourth-order valence-electron chi connectivity index (χ4n) is 1.66. The van der Waals surface area contributed by atoms with E-state index in [-0.39, 0.29) is 0 Å². The number of hydrogen-bond acceptors (Lipinski definition) is 3. The first kappa shape index (κ1) is 12.8. The van der Waals surface area contributed by atoms with Gasteiger partial charge in [0.05, 0.1) is 0 Å². The molecule has 0 saturated heterocycles. The number of unbranched alkanes of at least 4 members (excludes halogenated alkanes) is 1. The third-order valence-electron chi connectivity index (χ3n) is 2.70. The Morgan fingerprint density at radius 3 is 2.72 bits per heavy atom. The number of benzene rings is 1. The number of aliphatic imine (C=N–C) groups is 1. The third-order valence-corrected chi connectivity index (χ3v) is 3.37. The van der Waals surface area contributed by atoms with Crippen molar-refractivity contribution in [2.75, 3.05) is 0 Å². The smallest absolute Gasteiger partial charge is 0.210 e. The van der Waals surface area contributed by atoms with Crippen molar-refractivity contribution < 1.29 is 0 Å². The Kier molecular flexibility index (Phi) is 4.47. The summed E-state index contributed by atoms with van der Waals surface area (Å²) in [6.07, 6.45) is 5.29. The van der Waals surface area contributed by atoms with Gasteiger partial charge in [0.15, 0.2) is 0 Å². The number of nitrogens with two attached hydrogens (primary N) is 1. The molecule has 0 aliphatic heterocycles. The van der Waals surface area contributed by atoms with Gasteiger partial charge in [-0.05, 0) is 18.4 Å². The van der Waals surface area contributed by atoms with Gasteiger partial charge >= 0.3 is 0 Å². The van der Waals surface area contributed by atoms with Crippen molar-refractivity contribution in [2.45, 2.75) is 26.2 Å². The molecule has 0 spiro atoms. The minimum absolute atomic E-state index is 0.520. The Morgan fingerprint density at radius 2 is 2.11 bits per heavy atom. The average Bonchev–Trinajstić information content (AvgIpc) is 2.89. The van der Waals surface area contributed by atoms with Crippen molar-refractivity contribution in [2.24, 2.45) is 10.7 Å². The van der Waals surface area contributed by atoms with E-state index in [1.807, 2.05) is 17.5 Å². The number of hydrogen-bond donors (Lipinski definition) is 1. The Hall–Kier alpha value is -1.68. The predicted molar refractivity (Wildman–Crippen MR) is 77.6 cm³/mol. The molecule has 0 amide bonds. The number of rotatable bonds is 5. The summed E-state index contributed by atoms with van der Waals surface area (Å²) in [6.45, 7) is 2.20. The first-order valence-corrected chi connectivity index (χ1v) is 7.00. The summed E-state index contributed by atoms with van der Waals surface area (Å²) in [5.41, 5.74) is 8.25. The molecular formula is C14H17N3S. The van der Waals surface area contributed by atoms with Gasteiger partial charge in [0.1, 0.15) is 5.84 Å². The van der Waals surface area contributed by atoms with Crippen LogP contribution in [-0.4, -0.2) is 10.8 Å². The molecule has 4 heteroatoms. The van der Waals surface area contributed by atoms with E-state index in [0.29, 0.717) is 11.0 Å². The zero-order valence-corrected chi connectivity index (χ0v) is 11.3. The molecule has 1 aromatic heterocycles. The fraction of sp³-hybridized carbons (Fsp3) is 0.286. The van der Waals surface area contributed by atoms with Crippen LogP contribution in [0.15, 0.2) is 40.8 Å². The molecule has 1 aromatic carbocycles. The highest BCUT2D eigenvalue weighted by atomic mass is 32.1. The molecule has 2 N–H and O–H groups in total. The van der Waals surface area contributed by atoms with Gasteiger partial charge in [0.25, 0.3) is 0 Å². The van der Waals surface area contributed by atoms with Crippen LogP contribution in [0.3, 0.4) is 0 Å². The molecule has 2 aromatic rings. The molecular weight excluding hydrogens is 242 g/mol. The Balaban J connectivity index is 2.09. The largest absolute Gasteiger partial charge is 0.383 e. The molecule has 0 bridgehead atoms. The topological polar surface area (TPSA) is 51.3 Å². The minimum Gasteiger partial charge on any atom is -0.383 e. The van der Waals surface area contributed by atoms with E-state index >= 15 is 0 Å². The maximum absolute atomic E-state index is 5.95. The van der Waals surface area contributed by atoms with E-state index in [0.717, 1.165) is 12.0 Å². The molecule has 0 fully saturated rings. The number of amidine groups is 1. The van der Waals surface area contributed by atoms with Gasteiger partial charge in [-0.3, -0.25) is 0 Å². The van der Waals surface area contributed by atoms with Crippen LogP contribution in [0.4, 0.5) is 5.13 Å². The van der Waals surface area contributed by atoms with E-state index < -0.39 is 0 Å². The Morgan fingerprint density at radius 1 is 1.33 bits per heavy atom. The van der Waals surface area contributed by atoms with Gasteiger partial charge < -0.3 is 5.73 Å². The van der Waals surface area contributed by atoms with E-state index in [4.69, 9.17) is 5.73 Å². The molecule has 94 valence electrons. The highest BCUT2D eigenvalue weighted by molar-refractivity contribution is 7.13. The average molecular weight is 259 g/mol. The monoisotopic (exact) mass is 259 g/mol. The molecule has 0 aliphatic carbocycles. The maximum atomic E-state index is 5.95. The lowest BCUT2D eigenvalue weighted by molar-refractivity contribution is 0.795. The summed E-state index contributed by atoms with van der Waals surface area (Å²) in [6, 6.07) is 8.29. The van der Waals surface area contributed by atoms with Crippen molar-refractivity contribution in [1.29, 1.82) is 0 Å².